The van der Waals surface area contributed by atoms with Gasteiger partial charge in [-0.2, -0.15) is 0 Å². The Morgan fingerprint density at radius 1 is 1.08 bits per heavy atom. The van der Waals surface area contributed by atoms with Crippen LogP contribution < -0.4 is 0 Å². The van der Waals surface area contributed by atoms with Crippen LogP contribution in [0.2, 0.25) is 0 Å². The standard InChI is InChI=1S/C12H20O/c13-12-9-5-4-8-11(12)10-6-2-1-3-7-10/h6,11-13H,1-5,7-9H2/t11-,12+/m1/s1. The molecule has 0 unspecified atom stereocenters. The molecule has 2 rings (SSSR count). The molecule has 13 heavy (non-hydrogen) atoms. The van der Waals surface area contributed by atoms with Gasteiger partial charge in [0.25, 0.3) is 0 Å². The van der Waals surface area contributed by atoms with Crippen molar-refractivity contribution in [3.63, 3.8) is 0 Å². The Kier molecular flexibility index (Phi) is 3.05. The van der Waals surface area contributed by atoms with E-state index < -0.39 is 0 Å². The summed E-state index contributed by atoms with van der Waals surface area (Å²) in [6.45, 7) is 0. The second kappa shape index (κ2) is 4.28. The molecule has 0 aromatic heterocycles. The molecule has 1 heteroatoms. The molecule has 0 amide bonds. The first kappa shape index (κ1) is 9.26. The summed E-state index contributed by atoms with van der Waals surface area (Å²) in [5, 5.41) is 9.88. The van der Waals surface area contributed by atoms with Crippen LogP contribution in [-0.2, 0) is 0 Å². The van der Waals surface area contributed by atoms with Gasteiger partial charge in [0.2, 0.25) is 0 Å². The molecule has 0 aromatic carbocycles. The van der Waals surface area contributed by atoms with Crippen molar-refractivity contribution in [3.05, 3.63) is 11.6 Å². The van der Waals surface area contributed by atoms with Crippen LogP contribution in [0.1, 0.15) is 51.4 Å². The summed E-state index contributed by atoms with van der Waals surface area (Å²) in [6.07, 6.45) is 12.4. The predicted molar refractivity (Wildman–Crippen MR) is 54.5 cm³/mol. The third kappa shape index (κ3) is 2.14. The van der Waals surface area contributed by atoms with Crippen LogP contribution in [0, 0.1) is 5.92 Å². The minimum absolute atomic E-state index is 0.0295. The highest BCUT2D eigenvalue weighted by Crippen LogP contribution is 2.34. The van der Waals surface area contributed by atoms with Gasteiger partial charge in [-0.05, 0) is 38.5 Å². The van der Waals surface area contributed by atoms with Crippen LogP contribution in [0.3, 0.4) is 0 Å². The van der Waals surface area contributed by atoms with E-state index in [4.69, 9.17) is 0 Å². The van der Waals surface area contributed by atoms with Crippen LogP contribution in [0.4, 0.5) is 0 Å². The Labute approximate surface area is 80.8 Å². The van der Waals surface area contributed by atoms with E-state index >= 15 is 0 Å². The molecule has 0 heterocycles. The molecule has 0 spiro atoms. The number of hydrogen-bond donors (Lipinski definition) is 1. The van der Waals surface area contributed by atoms with Crippen molar-refractivity contribution in [2.75, 3.05) is 0 Å². The van der Waals surface area contributed by atoms with Gasteiger partial charge in [0, 0.05) is 5.92 Å². The van der Waals surface area contributed by atoms with Crippen molar-refractivity contribution >= 4 is 0 Å². The van der Waals surface area contributed by atoms with Gasteiger partial charge >= 0.3 is 0 Å². The first-order chi connectivity index (χ1) is 6.38. The SMILES string of the molecule is O[C@H]1CCCC[C@@H]1C1=CCCCC1. The van der Waals surface area contributed by atoms with Crippen LogP contribution in [0.5, 0.6) is 0 Å². The molecule has 1 N–H and O–H groups in total. The van der Waals surface area contributed by atoms with E-state index in [-0.39, 0.29) is 6.10 Å². The minimum Gasteiger partial charge on any atom is -0.393 e. The van der Waals surface area contributed by atoms with Gasteiger partial charge in [0.1, 0.15) is 0 Å². The van der Waals surface area contributed by atoms with E-state index in [1.165, 1.54) is 44.9 Å². The summed E-state index contributed by atoms with van der Waals surface area (Å²) >= 11 is 0. The average Bonchev–Trinajstić information content (AvgIpc) is 2.20. The number of rotatable bonds is 1. The highest BCUT2D eigenvalue weighted by molar-refractivity contribution is 5.11. The summed E-state index contributed by atoms with van der Waals surface area (Å²) < 4.78 is 0. The second-order valence-corrected chi connectivity index (χ2v) is 4.48. The lowest BCUT2D eigenvalue weighted by Crippen LogP contribution is -2.26. The maximum absolute atomic E-state index is 9.88. The van der Waals surface area contributed by atoms with E-state index in [9.17, 15) is 5.11 Å². The van der Waals surface area contributed by atoms with Crippen LogP contribution >= 0.6 is 0 Å². The zero-order valence-electron chi connectivity index (χ0n) is 8.34. The molecule has 2 aliphatic rings. The van der Waals surface area contributed by atoms with Crippen molar-refractivity contribution in [1.29, 1.82) is 0 Å². The van der Waals surface area contributed by atoms with Gasteiger partial charge in [-0.1, -0.05) is 24.5 Å². The van der Waals surface area contributed by atoms with Crippen LogP contribution in [0.15, 0.2) is 11.6 Å². The summed E-state index contributed by atoms with van der Waals surface area (Å²) in [6, 6.07) is 0. The Balaban J connectivity index is 2.00. The monoisotopic (exact) mass is 180 g/mol. The lowest BCUT2D eigenvalue weighted by Gasteiger charge is -2.31. The fraction of sp³-hybridized carbons (Fsp3) is 0.833. The summed E-state index contributed by atoms with van der Waals surface area (Å²) in [7, 11) is 0. The molecule has 0 bridgehead atoms. The molecule has 2 aliphatic carbocycles. The maximum Gasteiger partial charge on any atom is 0.0605 e. The van der Waals surface area contributed by atoms with Crippen LogP contribution in [0.25, 0.3) is 0 Å². The molecule has 0 aromatic rings. The summed E-state index contributed by atoms with van der Waals surface area (Å²) in [5.74, 6) is 0.522. The van der Waals surface area contributed by atoms with Crippen molar-refractivity contribution in [1.82, 2.24) is 0 Å². The Morgan fingerprint density at radius 3 is 2.62 bits per heavy atom. The molecule has 1 fully saturated rings. The quantitative estimate of drug-likeness (QED) is 0.615. The Hall–Kier alpha value is -0.300. The molecular weight excluding hydrogens is 160 g/mol. The van der Waals surface area contributed by atoms with Gasteiger partial charge in [0.15, 0.2) is 0 Å². The Morgan fingerprint density at radius 2 is 1.92 bits per heavy atom. The fourth-order valence-corrected chi connectivity index (χ4v) is 2.74. The fourth-order valence-electron chi connectivity index (χ4n) is 2.74. The highest BCUT2D eigenvalue weighted by atomic mass is 16.3. The van der Waals surface area contributed by atoms with Gasteiger partial charge in [-0.15, -0.1) is 0 Å². The molecular formula is C12H20O. The summed E-state index contributed by atoms with van der Waals surface area (Å²) in [4.78, 5) is 0. The van der Waals surface area contributed by atoms with Crippen LogP contribution in [-0.4, -0.2) is 11.2 Å². The van der Waals surface area contributed by atoms with E-state index in [0.717, 1.165) is 6.42 Å². The first-order valence-corrected chi connectivity index (χ1v) is 5.75. The normalized spacial score (nSPS) is 35.6. The van der Waals surface area contributed by atoms with E-state index in [1.54, 1.807) is 5.57 Å². The predicted octanol–water partition coefficient (Wildman–Crippen LogP) is 3.04. The molecule has 74 valence electrons. The number of allylic oxidation sites excluding steroid dienone is 1. The third-order valence-electron chi connectivity index (χ3n) is 3.53. The van der Waals surface area contributed by atoms with Crippen molar-refractivity contribution < 1.29 is 5.11 Å². The van der Waals surface area contributed by atoms with Gasteiger partial charge < -0.3 is 5.11 Å². The zero-order chi connectivity index (χ0) is 9.10. The zero-order valence-corrected chi connectivity index (χ0v) is 8.34. The first-order valence-electron chi connectivity index (χ1n) is 5.75. The molecule has 0 radical (unpaired) electrons. The third-order valence-corrected chi connectivity index (χ3v) is 3.53. The number of hydrogen-bond acceptors (Lipinski definition) is 1. The van der Waals surface area contributed by atoms with Gasteiger partial charge in [-0.3, -0.25) is 0 Å². The number of aliphatic hydroxyl groups is 1. The van der Waals surface area contributed by atoms with Gasteiger partial charge in [-0.25, -0.2) is 0 Å². The molecule has 0 saturated heterocycles. The van der Waals surface area contributed by atoms with E-state index in [0.29, 0.717) is 5.92 Å². The topological polar surface area (TPSA) is 20.2 Å². The minimum atomic E-state index is -0.0295. The number of aliphatic hydroxyl groups excluding tert-OH is 1. The van der Waals surface area contributed by atoms with Crippen molar-refractivity contribution in [2.45, 2.75) is 57.5 Å². The lowest BCUT2D eigenvalue weighted by molar-refractivity contribution is 0.0849. The summed E-state index contributed by atoms with van der Waals surface area (Å²) in [5.41, 5.74) is 1.57. The maximum atomic E-state index is 9.88. The second-order valence-electron chi connectivity index (χ2n) is 4.48. The average molecular weight is 180 g/mol. The molecule has 1 saturated carbocycles. The Bertz CT molecular complexity index is 195. The molecule has 0 aliphatic heterocycles. The lowest BCUT2D eigenvalue weighted by atomic mass is 9.78. The smallest absolute Gasteiger partial charge is 0.0605 e. The highest BCUT2D eigenvalue weighted by Gasteiger charge is 2.26. The van der Waals surface area contributed by atoms with Crippen molar-refractivity contribution in [2.24, 2.45) is 5.92 Å². The van der Waals surface area contributed by atoms with Gasteiger partial charge in [0.05, 0.1) is 6.10 Å². The van der Waals surface area contributed by atoms with E-state index in [1.807, 2.05) is 0 Å². The molecule has 2 atom stereocenters. The van der Waals surface area contributed by atoms with Crippen molar-refractivity contribution in [3.8, 4) is 0 Å². The largest absolute Gasteiger partial charge is 0.393 e. The molecule has 1 nitrogen and oxygen atoms in total. The van der Waals surface area contributed by atoms with E-state index in [2.05, 4.69) is 6.08 Å².